The molecule has 0 radical (unpaired) electrons. The van der Waals surface area contributed by atoms with Crippen LogP contribution in [0.25, 0.3) is 10.3 Å². The molecule has 0 amide bonds. The van der Waals surface area contributed by atoms with Crippen molar-refractivity contribution in [1.82, 2.24) is 4.57 Å². The molecule has 0 saturated heterocycles. The minimum atomic E-state index is -0.0829. The van der Waals surface area contributed by atoms with Crippen molar-refractivity contribution in [3.8, 4) is 0 Å². The van der Waals surface area contributed by atoms with Crippen LogP contribution in [0.3, 0.4) is 0 Å². The molecule has 0 fully saturated rings. The molecule has 30 heavy (non-hydrogen) atoms. The number of rotatable bonds is 3. The Bertz CT molecular complexity index is 1290. The Morgan fingerprint density at radius 3 is 2.40 bits per heavy atom. The van der Waals surface area contributed by atoms with Crippen LogP contribution in [0, 0.1) is 0 Å². The molecule has 4 rings (SSSR count). The third-order valence-corrected chi connectivity index (χ3v) is 8.87. The summed E-state index contributed by atoms with van der Waals surface area (Å²) in [6, 6.07) is 15.7. The number of hydrogen-bond donors (Lipinski definition) is 0. The van der Waals surface area contributed by atoms with Crippen LogP contribution in [0.5, 0.6) is 0 Å². The van der Waals surface area contributed by atoms with Gasteiger partial charge in [0.2, 0.25) is 0 Å². The average molecular weight is 454 g/mol. The summed E-state index contributed by atoms with van der Waals surface area (Å²) in [5, 5.41) is 0. The van der Waals surface area contributed by atoms with E-state index in [2.05, 4.69) is 39.0 Å². The van der Waals surface area contributed by atoms with Gasteiger partial charge in [0.05, 0.1) is 4.24 Å². The topological polar surface area (TPSA) is 39.1 Å². The third-order valence-electron chi connectivity index (χ3n) is 4.94. The number of Topliss-reactive ketones (excluding diaryl/α,β-unsaturated/α-hetero) is 1. The SMILES string of the molecule is CCn1c(=O)/c(=C2\Sc3ccc(C(C)(C)C)cc3S2)s/c1=C/C(=O)c1ccccc1. The number of hydrogen-bond acceptors (Lipinski definition) is 5. The van der Waals surface area contributed by atoms with Gasteiger partial charge >= 0.3 is 0 Å². The summed E-state index contributed by atoms with van der Waals surface area (Å²) in [7, 11) is 0. The second-order valence-corrected chi connectivity index (χ2v) is 11.5. The van der Waals surface area contributed by atoms with Crippen LogP contribution in [0.15, 0.2) is 63.1 Å². The molecule has 154 valence electrons. The van der Waals surface area contributed by atoms with E-state index in [4.69, 9.17) is 0 Å². The lowest BCUT2D eigenvalue weighted by molar-refractivity contribution is 0.106. The van der Waals surface area contributed by atoms with Crippen LogP contribution < -0.4 is 14.8 Å². The Hall–Kier alpha value is -2.02. The predicted octanol–water partition coefficient (Wildman–Crippen LogP) is 4.85. The van der Waals surface area contributed by atoms with Crippen molar-refractivity contribution in [3.05, 3.63) is 79.2 Å². The first-order valence-electron chi connectivity index (χ1n) is 9.83. The number of fused-ring (bicyclic) bond motifs is 1. The third kappa shape index (κ3) is 4.09. The summed E-state index contributed by atoms with van der Waals surface area (Å²) in [4.78, 5) is 28.1. The maximum absolute atomic E-state index is 13.1. The maximum Gasteiger partial charge on any atom is 0.270 e. The van der Waals surface area contributed by atoms with Crippen LogP contribution >= 0.6 is 34.9 Å². The number of aromatic nitrogens is 1. The van der Waals surface area contributed by atoms with Crippen LogP contribution in [0.4, 0.5) is 0 Å². The van der Waals surface area contributed by atoms with Crippen LogP contribution in [0.2, 0.25) is 0 Å². The molecule has 3 aromatic rings. The zero-order chi connectivity index (χ0) is 21.5. The van der Waals surface area contributed by atoms with Gasteiger partial charge in [0.15, 0.2) is 5.78 Å². The zero-order valence-electron chi connectivity index (χ0n) is 17.4. The first-order valence-corrected chi connectivity index (χ1v) is 12.3. The molecule has 1 aliphatic heterocycles. The van der Waals surface area contributed by atoms with E-state index in [-0.39, 0.29) is 16.8 Å². The van der Waals surface area contributed by atoms with Crippen molar-refractivity contribution in [1.29, 1.82) is 0 Å². The quantitative estimate of drug-likeness (QED) is 0.531. The smallest absolute Gasteiger partial charge is 0.270 e. The fourth-order valence-electron chi connectivity index (χ4n) is 3.21. The Labute approximate surface area is 188 Å². The fraction of sp³-hybridized carbons (Fsp3) is 0.250. The summed E-state index contributed by atoms with van der Waals surface area (Å²) in [5.74, 6) is -0.0829. The van der Waals surface area contributed by atoms with E-state index < -0.39 is 0 Å². The maximum atomic E-state index is 13.1. The van der Waals surface area contributed by atoms with Gasteiger partial charge in [0, 0.05) is 28.0 Å². The van der Waals surface area contributed by atoms with Gasteiger partial charge in [0.1, 0.15) is 9.20 Å². The molecule has 1 aliphatic rings. The molecule has 0 bridgehead atoms. The molecule has 0 saturated carbocycles. The van der Waals surface area contributed by atoms with Gasteiger partial charge in [0.25, 0.3) is 5.56 Å². The van der Waals surface area contributed by atoms with Crippen molar-refractivity contribution in [2.24, 2.45) is 0 Å². The molecule has 2 heterocycles. The monoisotopic (exact) mass is 453 g/mol. The first-order chi connectivity index (χ1) is 14.3. The highest BCUT2D eigenvalue weighted by Gasteiger charge is 2.23. The molecule has 0 aliphatic carbocycles. The van der Waals surface area contributed by atoms with Crippen LogP contribution in [-0.4, -0.2) is 10.4 Å². The van der Waals surface area contributed by atoms with E-state index >= 15 is 0 Å². The lowest BCUT2D eigenvalue weighted by atomic mass is 9.87. The molecule has 0 N–H and O–H groups in total. The van der Waals surface area contributed by atoms with Gasteiger partial charge in [-0.2, -0.15) is 0 Å². The minimum absolute atomic E-state index is 0.0199. The van der Waals surface area contributed by atoms with E-state index in [1.807, 2.05) is 25.1 Å². The fourth-order valence-corrected chi connectivity index (χ4v) is 7.05. The van der Waals surface area contributed by atoms with E-state index in [0.717, 1.165) is 4.24 Å². The van der Waals surface area contributed by atoms with Gasteiger partial charge < -0.3 is 0 Å². The van der Waals surface area contributed by atoms with E-state index in [0.29, 0.717) is 21.3 Å². The minimum Gasteiger partial charge on any atom is -0.299 e. The van der Waals surface area contributed by atoms with Crippen molar-refractivity contribution >= 4 is 51.0 Å². The number of carbonyl (C=O) groups excluding carboxylic acids is 1. The largest absolute Gasteiger partial charge is 0.299 e. The van der Waals surface area contributed by atoms with Gasteiger partial charge in [-0.05, 0) is 30.0 Å². The average Bonchev–Trinajstić information content (AvgIpc) is 3.27. The van der Waals surface area contributed by atoms with Crippen LogP contribution in [-0.2, 0) is 12.0 Å². The Morgan fingerprint density at radius 2 is 1.73 bits per heavy atom. The molecule has 1 aromatic heterocycles. The molecule has 0 atom stereocenters. The summed E-state index contributed by atoms with van der Waals surface area (Å²) in [6.45, 7) is 9.09. The Morgan fingerprint density at radius 1 is 1.03 bits per heavy atom. The van der Waals surface area contributed by atoms with Gasteiger partial charge in [-0.25, -0.2) is 0 Å². The Balaban J connectivity index is 1.79. The van der Waals surface area contributed by atoms with Gasteiger partial charge in [-0.1, -0.05) is 80.7 Å². The standard InChI is InChI=1S/C24H23NO2S3/c1-5-25-20(14-17(26)15-9-7-6-8-10-15)30-21(22(25)27)23-28-18-12-11-16(24(2,3)4)13-19(18)29-23/h6-14H,5H2,1-4H3/b20-14+,23-21-. The summed E-state index contributed by atoms with van der Waals surface area (Å²) in [5.41, 5.74) is 1.98. The Kier molecular flexibility index (Phi) is 5.84. The van der Waals surface area contributed by atoms with E-state index in [1.54, 1.807) is 46.3 Å². The summed E-state index contributed by atoms with van der Waals surface area (Å²) in [6.07, 6.45) is 1.59. The first kappa shape index (κ1) is 21.2. The van der Waals surface area contributed by atoms with Crippen LogP contribution in [0.1, 0.15) is 43.6 Å². The molecule has 6 heteroatoms. The predicted molar refractivity (Wildman–Crippen MR) is 129 cm³/mol. The second-order valence-electron chi connectivity index (χ2n) is 8.10. The highest BCUT2D eigenvalue weighted by molar-refractivity contribution is 8.32. The number of benzene rings is 2. The molecule has 3 nitrogen and oxygen atoms in total. The number of thiazole rings is 1. The molecule has 2 aromatic carbocycles. The van der Waals surface area contributed by atoms with Crippen molar-refractivity contribution in [2.45, 2.75) is 49.4 Å². The number of ketones is 1. The van der Waals surface area contributed by atoms with Crippen molar-refractivity contribution in [2.75, 3.05) is 0 Å². The number of thioether (sulfide) groups is 2. The number of carbonyl (C=O) groups is 1. The highest BCUT2D eigenvalue weighted by Crippen LogP contribution is 2.52. The molecule has 0 spiro atoms. The zero-order valence-corrected chi connectivity index (χ0v) is 19.8. The molecular formula is C24H23NO2S3. The summed E-state index contributed by atoms with van der Waals surface area (Å²) < 4.78 is 4.11. The molecule has 0 unspecified atom stereocenters. The van der Waals surface area contributed by atoms with E-state index in [9.17, 15) is 9.59 Å². The second kappa shape index (κ2) is 8.25. The van der Waals surface area contributed by atoms with Crippen molar-refractivity contribution < 1.29 is 4.79 Å². The molecular weight excluding hydrogens is 430 g/mol. The normalized spacial score (nSPS) is 16.1. The van der Waals surface area contributed by atoms with E-state index in [1.165, 1.54) is 26.7 Å². The highest BCUT2D eigenvalue weighted by atomic mass is 32.2. The van der Waals surface area contributed by atoms with Crippen molar-refractivity contribution in [3.63, 3.8) is 0 Å². The number of nitrogens with zero attached hydrogens (tertiary/aromatic N) is 1. The van der Waals surface area contributed by atoms with Gasteiger partial charge in [-0.15, -0.1) is 11.3 Å². The lowest BCUT2D eigenvalue weighted by Crippen LogP contribution is -2.31. The van der Waals surface area contributed by atoms with Gasteiger partial charge in [-0.3, -0.25) is 14.2 Å². The summed E-state index contributed by atoms with van der Waals surface area (Å²) >= 11 is 4.71. The lowest BCUT2D eigenvalue weighted by Gasteiger charge is -2.19.